The number of unbranched alkanes of at least 4 members (excludes halogenated alkanes) is 1. The van der Waals surface area contributed by atoms with Gasteiger partial charge in [0.2, 0.25) is 0 Å². The molecule has 1 aromatic heterocycles. The Labute approximate surface area is 203 Å². The van der Waals surface area contributed by atoms with Crippen molar-refractivity contribution in [2.75, 3.05) is 0 Å². The molecule has 0 saturated heterocycles. The topological polar surface area (TPSA) is 25.2 Å². The summed E-state index contributed by atoms with van der Waals surface area (Å²) >= 11 is 6.42. The lowest BCUT2D eigenvalue weighted by atomic mass is 9.93. The number of aromatic nitrogens is 1. The predicted molar refractivity (Wildman–Crippen MR) is 137 cm³/mol. The number of hydrogen-bond acceptors (Lipinski definition) is 1. The van der Waals surface area contributed by atoms with Crippen molar-refractivity contribution in [1.29, 1.82) is 0 Å². The second kappa shape index (κ2) is 11.6. The van der Waals surface area contributed by atoms with Crippen LogP contribution in [0, 0.1) is 0 Å². The van der Waals surface area contributed by atoms with Crippen LogP contribution in [0.5, 0.6) is 0 Å². The first kappa shape index (κ1) is 23.6. The molecule has 2 aromatic carbocycles. The summed E-state index contributed by atoms with van der Waals surface area (Å²) in [7, 11) is 0. The van der Waals surface area contributed by atoms with Crippen LogP contribution in [0.3, 0.4) is 0 Å². The molecule has 0 unspecified atom stereocenters. The molecule has 4 rings (SSSR count). The Morgan fingerprint density at radius 2 is 1.76 bits per heavy atom. The number of rotatable bonds is 9. The lowest BCUT2D eigenvalue weighted by Crippen LogP contribution is -2.41. The lowest BCUT2D eigenvalue weighted by Gasteiger charge is -2.35. The average molecular weight is 463 g/mol. The van der Waals surface area contributed by atoms with Gasteiger partial charge in [-0.2, -0.15) is 0 Å². The van der Waals surface area contributed by atoms with Crippen LogP contribution < -0.4 is 0 Å². The molecule has 1 aliphatic rings. The van der Waals surface area contributed by atoms with Gasteiger partial charge in [-0.15, -0.1) is 0 Å². The Balaban J connectivity index is 1.55. The first-order valence-electron chi connectivity index (χ1n) is 12.4. The maximum Gasteiger partial charge on any atom is 0.254 e. The highest BCUT2D eigenvalue weighted by Gasteiger charge is 2.27. The van der Waals surface area contributed by atoms with E-state index in [1.54, 1.807) is 0 Å². The zero-order valence-corrected chi connectivity index (χ0v) is 20.4. The minimum atomic E-state index is 0.148. The van der Waals surface area contributed by atoms with E-state index in [1.807, 2.05) is 30.3 Å². The maximum absolute atomic E-state index is 13.7. The molecule has 174 valence electrons. The average Bonchev–Trinajstić information content (AvgIpc) is 3.29. The Bertz CT molecular complexity index is 1030. The fourth-order valence-corrected chi connectivity index (χ4v) is 5.05. The van der Waals surface area contributed by atoms with Gasteiger partial charge in [-0.25, -0.2) is 0 Å². The van der Waals surface area contributed by atoms with Gasteiger partial charge in [0.1, 0.15) is 0 Å². The van der Waals surface area contributed by atoms with E-state index in [0.717, 1.165) is 41.1 Å². The van der Waals surface area contributed by atoms with Gasteiger partial charge in [-0.05, 0) is 67.1 Å². The molecule has 0 bridgehead atoms. The summed E-state index contributed by atoms with van der Waals surface area (Å²) in [5.74, 6) is 0.148. The second-order valence-corrected chi connectivity index (χ2v) is 9.65. The molecule has 0 N–H and O–H groups in total. The van der Waals surface area contributed by atoms with Gasteiger partial charge in [0.25, 0.3) is 5.91 Å². The van der Waals surface area contributed by atoms with Crippen molar-refractivity contribution in [2.45, 2.75) is 77.4 Å². The summed E-state index contributed by atoms with van der Waals surface area (Å²) in [6, 6.07) is 20.8. The van der Waals surface area contributed by atoms with Gasteiger partial charge in [0.05, 0.1) is 6.54 Å². The van der Waals surface area contributed by atoms with Crippen LogP contribution in [0.4, 0.5) is 0 Å². The smallest absolute Gasteiger partial charge is 0.254 e. The molecule has 4 heteroatoms. The van der Waals surface area contributed by atoms with Gasteiger partial charge < -0.3 is 9.47 Å². The highest BCUT2D eigenvalue weighted by Crippen LogP contribution is 2.27. The van der Waals surface area contributed by atoms with Crippen molar-refractivity contribution in [3.63, 3.8) is 0 Å². The van der Waals surface area contributed by atoms with Crippen LogP contribution in [-0.2, 0) is 19.5 Å². The molecule has 1 saturated carbocycles. The predicted octanol–water partition coefficient (Wildman–Crippen LogP) is 7.51. The molecule has 33 heavy (non-hydrogen) atoms. The fraction of sp³-hybridized carbons (Fsp3) is 0.414. The summed E-state index contributed by atoms with van der Waals surface area (Å²) < 4.78 is 2.22. The van der Waals surface area contributed by atoms with Crippen molar-refractivity contribution >= 4 is 17.5 Å². The number of halogens is 1. The van der Waals surface area contributed by atoms with E-state index in [9.17, 15) is 4.79 Å². The van der Waals surface area contributed by atoms with Crippen LogP contribution >= 0.6 is 11.6 Å². The van der Waals surface area contributed by atoms with E-state index in [2.05, 4.69) is 52.9 Å². The molecule has 1 heterocycles. The van der Waals surface area contributed by atoms with Crippen LogP contribution in [0.1, 0.15) is 79.0 Å². The molecule has 3 nitrogen and oxygen atoms in total. The standard InChI is InChI=1S/C29H35ClN2O/c1-2-3-10-23-16-18-24(19-17-23)29(33)32(26-12-5-4-6-13-26)22-27-14-9-20-31(27)21-25-11-7-8-15-28(25)30/h7-9,11,14-20,26H,2-6,10,12-13,21-22H2,1H3. The summed E-state index contributed by atoms with van der Waals surface area (Å²) in [6.07, 6.45) is 11.4. The van der Waals surface area contributed by atoms with Gasteiger partial charge in [0.15, 0.2) is 0 Å². The lowest BCUT2D eigenvalue weighted by molar-refractivity contribution is 0.0608. The zero-order valence-electron chi connectivity index (χ0n) is 19.7. The van der Waals surface area contributed by atoms with Crippen molar-refractivity contribution in [1.82, 2.24) is 9.47 Å². The molecule has 0 aliphatic heterocycles. The number of amides is 1. The first-order valence-corrected chi connectivity index (χ1v) is 12.8. The molecule has 0 spiro atoms. The van der Waals surface area contributed by atoms with E-state index in [4.69, 9.17) is 11.6 Å². The van der Waals surface area contributed by atoms with Gasteiger partial charge in [-0.1, -0.05) is 74.5 Å². The molecular formula is C29H35ClN2O. The second-order valence-electron chi connectivity index (χ2n) is 9.24. The van der Waals surface area contributed by atoms with Crippen molar-refractivity contribution < 1.29 is 4.79 Å². The number of aryl methyl sites for hydroxylation is 1. The van der Waals surface area contributed by atoms with Crippen molar-refractivity contribution in [3.8, 4) is 0 Å². The third kappa shape index (κ3) is 6.09. The van der Waals surface area contributed by atoms with E-state index >= 15 is 0 Å². The van der Waals surface area contributed by atoms with Crippen LogP contribution in [0.25, 0.3) is 0 Å². The Morgan fingerprint density at radius 1 is 1.00 bits per heavy atom. The monoisotopic (exact) mass is 462 g/mol. The highest BCUT2D eigenvalue weighted by atomic mass is 35.5. The van der Waals surface area contributed by atoms with Crippen LogP contribution in [0.2, 0.25) is 5.02 Å². The van der Waals surface area contributed by atoms with Crippen LogP contribution in [0.15, 0.2) is 66.9 Å². The number of benzene rings is 2. The summed E-state index contributed by atoms with van der Waals surface area (Å²) in [6.45, 7) is 3.54. The minimum Gasteiger partial charge on any atom is -0.345 e. The first-order chi connectivity index (χ1) is 16.2. The zero-order chi connectivity index (χ0) is 23.0. The molecule has 1 amide bonds. The van der Waals surface area contributed by atoms with Gasteiger partial charge in [-0.3, -0.25) is 4.79 Å². The number of carbonyl (C=O) groups excluding carboxylic acids is 1. The normalized spacial score (nSPS) is 14.4. The molecule has 1 aliphatic carbocycles. The highest BCUT2D eigenvalue weighted by molar-refractivity contribution is 6.31. The van der Waals surface area contributed by atoms with Crippen LogP contribution in [-0.4, -0.2) is 21.4 Å². The third-order valence-corrected chi connectivity index (χ3v) is 7.22. The largest absolute Gasteiger partial charge is 0.345 e. The summed E-state index contributed by atoms with van der Waals surface area (Å²) in [5.41, 5.74) is 4.35. The molecular weight excluding hydrogens is 428 g/mol. The molecule has 3 aromatic rings. The number of nitrogens with zero attached hydrogens (tertiary/aromatic N) is 2. The van der Waals surface area contributed by atoms with E-state index in [-0.39, 0.29) is 5.91 Å². The molecule has 1 fully saturated rings. The fourth-order valence-electron chi connectivity index (χ4n) is 4.85. The van der Waals surface area contributed by atoms with E-state index in [1.165, 1.54) is 37.7 Å². The molecule has 0 atom stereocenters. The third-order valence-electron chi connectivity index (χ3n) is 6.85. The Hall–Kier alpha value is -2.52. The van der Waals surface area contributed by atoms with E-state index < -0.39 is 0 Å². The quantitative estimate of drug-likeness (QED) is 0.323. The van der Waals surface area contributed by atoms with Gasteiger partial charge >= 0.3 is 0 Å². The van der Waals surface area contributed by atoms with Crippen molar-refractivity contribution in [2.24, 2.45) is 0 Å². The number of hydrogen-bond donors (Lipinski definition) is 0. The minimum absolute atomic E-state index is 0.148. The summed E-state index contributed by atoms with van der Waals surface area (Å²) in [5, 5.41) is 0.778. The van der Waals surface area contributed by atoms with Gasteiger partial charge in [0, 0.05) is 35.1 Å². The number of carbonyl (C=O) groups is 1. The summed E-state index contributed by atoms with van der Waals surface area (Å²) in [4.78, 5) is 15.8. The van der Waals surface area contributed by atoms with Crippen molar-refractivity contribution in [3.05, 3.63) is 94.3 Å². The Morgan fingerprint density at radius 3 is 2.48 bits per heavy atom. The Kier molecular flexibility index (Phi) is 8.28. The molecule has 0 radical (unpaired) electrons. The maximum atomic E-state index is 13.7. The SMILES string of the molecule is CCCCc1ccc(C(=O)N(Cc2cccn2Cc2ccccc2Cl)C2CCCCC2)cc1. The van der Waals surface area contributed by atoms with E-state index in [0.29, 0.717) is 19.1 Å².